The predicted molar refractivity (Wildman–Crippen MR) is 63.4 cm³/mol. The average Bonchev–Trinajstić information content (AvgIpc) is 2.15. The zero-order valence-corrected chi connectivity index (χ0v) is 10.1. The van der Waals surface area contributed by atoms with Crippen molar-refractivity contribution in [2.24, 2.45) is 0 Å². The van der Waals surface area contributed by atoms with Crippen molar-refractivity contribution in [1.29, 1.82) is 0 Å². The van der Waals surface area contributed by atoms with E-state index < -0.39 is 11.2 Å². The molecule has 1 aromatic rings. The van der Waals surface area contributed by atoms with Gasteiger partial charge in [0.25, 0.3) is 0 Å². The zero-order chi connectivity index (χ0) is 12.1. The van der Waals surface area contributed by atoms with Crippen molar-refractivity contribution < 1.29 is 9.90 Å². The van der Waals surface area contributed by atoms with E-state index in [2.05, 4.69) is 9.97 Å². The Morgan fingerprint density at radius 1 is 1.62 bits per heavy atom. The van der Waals surface area contributed by atoms with E-state index in [0.717, 1.165) is 23.9 Å². The quantitative estimate of drug-likeness (QED) is 0.602. The highest BCUT2D eigenvalue weighted by Crippen LogP contribution is 2.24. The summed E-state index contributed by atoms with van der Waals surface area (Å²) in [5, 5.41) is 8.92. The van der Waals surface area contributed by atoms with Crippen LogP contribution in [0.2, 0.25) is 0 Å². The number of aromatic nitrogens is 2. The van der Waals surface area contributed by atoms with Gasteiger partial charge in [-0.2, -0.15) is 0 Å². The van der Waals surface area contributed by atoms with Crippen molar-refractivity contribution in [3.63, 3.8) is 0 Å². The lowest BCUT2D eigenvalue weighted by molar-refractivity contribution is -0.136. The fourth-order valence-corrected chi connectivity index (χ4v) is 2.30. The molecule has 0 aliphatic heterocycles. The molecule has 0 aliphatic carbocycles. The number of carbonyl (C=O) groups is 1. The van der Waals surface area contributed by atoms with Crippen LogP contribution in [-0.2, 0) is 4.79 Å². The summed E-state index contributed by atoms with van der Waals surface area (Å²) >= 11 is 1.15. The van der Waals surface area contributed by atoms with Crippen LogP contribution in [0.5, 0.6) is 0 Å². The summed E-state index contributed by atoms with van der Waals surface area (Å²) in [5.41, 5.74) is 6.32. The van der Waals surface area contributed by atoms with Gasteiger partial charge in [-0.25, -0.2) is 9.97 Å². The molecule has 88 valence electrons. The van der Waals surface area contributed by atoms with Crippen LogP contribution in [0, 0.1) is 6.92 Å². The Morgan fingerprint density at radius 2 is 2.31 bits per heavy atom. The molecule has 0 saturated carbocycles. The minimum absolute atomic E-state index is 0.371. The second-order valence-corrected chi connectivity index (χ2v) is 4.62. The maximum absolute atomic E-state index is 11.0. The van der Waals surface area contributed by atoms with Gasteiger partial charge in [0.05, 0.1) is 0 Å². The largest absolute Gasteiger partial charge is 0.480 e. The van der Waals surface area contributed by atoms with E-state index >= 15 is 0 Å². The molecule has 0 aliphatic rings. The second-order valence-electron chi connectivity index (χ2n) is 3.45. The van der Waals surface area contributed by atoms with Gasteiger partial charge in [0.1, 0.15) is 11.1 Å². The summed E-state index contributed by atoms with van der Waals surface area (Å²) in [6.07, 6.45) is 1.41. The monoisotopic (exact) mass is 241 g/mol. The number of hydrogen-bond donors (Lipinski definition) is 2. The van der Waals surface area contributed by atoms with Gasteiger partial charge in [-0.1, -0.05) is 25.1 Å². The molecule has 5 nitrogen and oxygen atoms in total. The number of anilines is 1. The molecule has 1 aromatic heterocycles. The molecule has 0 spiro atoms. The Kier molecular flexibility index (Phi) is 4.54. The number of carboxylic acids is 1. The van der Waals surface area contributed by atoms with Crippen LogP contribution in [0.1, 0.15) is 25.5 Å². The Bertz CT molecular complexity index is 364. The molecule has 0 aromatic carbocycles. The molecule has 0 amide bonds. The molecule has 1 unspecified atom stereocenters. The van der Waals surface area contributed by atoms with Crippen LogP contribution in [-0.4, -0.2) is 26.3 Å². The number of nitrogens with zero attached hydrogens (tertiary/aromatic N) is 2. The highest BCUT2D eigenvalue weighted by Gasteiger charge is 2.19. The molecular formula is C10H15N3O2S. The average molecular weight is 241 g/mol. The molecule has 6 heteroatoms. The SMILES string of the molecule is CCCC(Sc1nc(C)cc(N)n1)C(=O)O. The maximum atomic E-state index is 11.0. The molecule has 0 radical (unpaired) electrons. The van der Waals surface area contributed by atoms with Crippen molar-refractivity contribution in [1.82, 2.24) is 9.97 Å². The maximum Gasteiger partial charge on any atom is 0.317 e. The fourth-order valence-electron chi connectivity index (χ4n) is 1.24. The van der Waals surface area contributed by atoms with Gasteiger partial charge in [-0.05, 0) is 13.3 Å². The van der Waals surface area contributed by atoms with E-state index in [9.17, 15) is 4.79 Å². The molecular weight excluding hydrogens is 226 g/mol. The van der Waals surface area contributed by atoms with Crippen molar-refractivity contribution in [3.8, 4) is 0 Å². The number of rotatable bonds is 5. The lowest BCUT2D eigenvalue weighted by Gasteiger charge is -2.09. The molecule has 1 heterocycles. The van der Waals surface area contributed by atoms with E-state index in [-0.39, 0.29) is 0 Å². The Morgan fingerprint density at radius 3 is 2.81 bits per heavy atom. The Labute approximate surface area is 98.5 Å². The standard InChI is InChI=1S/C10H15N3O2S/c1-3-4-7(9(14)15)16-10-12-6(2)5-8(11)13-10/h5,7H,3-4H2,1-2H3,(H,14,15)(H2,11,12,13). The van der Waals surface area contributed by atoms with E-state index in [4.69, 9.17) is 10.8 Å². The molecule has 3 N–H and O–H groups in total. The number of carboxylic acid groups (broad SMARTS) is 1. The summed E-state index contributed by atoms with van der Waals surface area (Å²) < 4.78 is 0. The van der Waals surface area contributed by atoms with Crippen molar-refractivity contribution in [3.05, 3.63) is 11.8 Å². The highest BCUT2D eigenvalue weighted by atomic mass is 32.2. The third-order valence-corrected chi connectivity index (χ3v) is 3.04. The topological polar surface area (TPSA) is 89.1 Å². The van der Waals surface area contributed by atoms with Crippen LogP contribution in [0.25, 0.3) is 0 Å². The lowest BCUT2D eigenvalue weighted by atomic mass is 10.2. The van der Waals surface area contributed by atoms with Crippen LogP contribution in [0.3, 0.4) is 0 Å². The highest BCUT2D eigenvalue weighted by molar-refractivity contribution is 8.00. The third-order valence-electron chi connectivity index (χ3n) is 1.93. The Hall–Kier alpha value is -1.30. The first-order valence-electron chi connectivity index (χ1n) is 5.03. The number of nitrogens with two attached hydrogens (primary N) is 1. The van der Waals surface area contributed by atoms with Crippen molar-refractivity contribution in [2.45, 2.75) is 37.1 Å². The van der Waals surface area contributed by atoms with E-state index in [1.165, 1.54) is 0 Å². The third kappa shape index (κ3) is 3.69. The summed E-state index contributed by atoms with van der Waals surface area (Å²) in [6, 6.07) is 1.65. The number of aliphatic carboxylic acids is 1. The van der Waals surface area contributed by atoms with Gasteiger partial charge in [-0.3, -0.25) is 4.79 Å². The minimum Gasteiger partial charge on any atom is -0.480 e. The number of aryl methyl sites for hydroxylation is 1. The molecule has 0 fully saturated rings. The molecule has 1 rings (SSSR count). The molecule has 0 bridgehead atoms. The minimum atomic E-state index is -0.837. The molecule has 0 saturated heterocycles. The summed E-state index contributed by atoms with van der Waals surface area (Å²) in [4.78, 5) is 19.1. The van der Waals surface area contributed by atoms with E-state index in [1.807, 2.05) is 6.92 Å². The fraction of sp³-hybridized carbons (Fsp3) is 0.500. The molecule has 16 heavy (non-hydrogen) atoms. The van der Waals surface area contributed by atoms with Crippen LogP contribution in [0.15, 0.2) is 11.2 Å². The summed E-state index contributed by atoms with van der Waals surface area (Å²) in [7, 11) is 0. The number of nitrogen functional groups attached to an aromatic ring is 1. The normalized spacial score (nSPS) is 12.4. The van der Waals surface area contributed by atoms with E-state index in [0.29, 0.717) is 17.4 Å². The first-order chi connectivity index (χ1) is 7.52. The van der Waals surface area contributed by atoms with Gasteiger partial charge in [0.15, 0.2) is 5.16 Å². The van der Waals surface area contributed by atoms with Crippen molar-refractivity contribution >= 4 is 23.5 Å². The smallest absolute Gasteiger partial charge is 0.317 e. The van der Waals surface area contributed by atoms with Crippen LogP contribution in [0.4, 0.5) is 5.82 Å². The van der Waals surface area contributed by atoms with Crippen LogP contribution < -0.4 is 5.73 Å². The van der Waals surface area contributed by atoms with Gasteiger partial charge < -0.3 is 10.8 Å². The van der Waals surface area contributed by atoms with Gasteiger partial charge in [0.2, 0.25) is 0 Å². The second kappa shape index (κ2) is 5.69. The van der Waals surface area contributed by atoms with Gasteiger partial charge in [-0.15, -0.1) is 0 Å². The van der Waals surface area contributed by atoms with Gasteiger partial charge >= 0.3 is 5.97 Å². The lowest BCUT2D eigenvalue weighted by Crippen LogP contribution is -2.16. The zero-order valence-electron chi connectivity index (χ0n) is 9.30. The first kappa shape index (κ1) is 12.8. The number of thioether (sulfide) groups is 1. The van der Waals surface area contributed by atoms with E-state index in [1.54, 1.807) is 13.0 Å². The van der Waals surface area contributed by atoms with Crippen LogP contribution >= 0.6 is 11.8 Å². The summed E-state index contributed by atoms with van der Waals surface area (Å²) in [6.45, 7) is 3.75. The number of hydrogen-bond acceptors (Lipinski definition) is 5. The Balaban J connectivity index is 2.80. The van der Waals surface area contributed by atoms with Gasteiger partial charge in [0, 0.05) is 11.8 Å². The first-order valence-corrected chi connectivity index (χ1v) is 5.91. The predicted octanol–water partition coefficient (Wildman–Crippen LogP) is 1.71. The molecule has 1 atom stereocenters. The summed E-state index contributed by atoms with van der Waals surface area (Å²) in [5.74, 6) is -0.467. The van der Waals surface area contributed by atoms with Crippen molar-refractivity contribution in [2.75, 3.05) is 5.73 Å².